The monoisotopic (exact) mass is 463 g/mol. The number of aliphatic carboxylic acids is 1. The van der Waals surface area contributed by atoms with E-state index in [0.29, 0.717) is 22.5 Å². The van der Waals surface area contributed by atoms with Crippen molar-refractivity contribution in [3.8, 4) is 5.75 Å². The minimum absolute atomic E-state index is 0.0998. The molecule has 1 aliphatic carbocycles. The zero-order valence-electron chi connectivity index (χ0n) is 18.3. The molecule has 1 unspecified atom stereocenters. The number of amides is 1. The van der Waals surface area contributed by atoms with Crippen LogP contribution in [-0.4, -0.2) is 46.2 Å². The molecule has 0 fully saturated rings. The molecular weight excluding hydrogens is 438 g/mol. The number of anilines is 2. The first-order chi connectivity index (χ1) is 16.4. The van der Waals surface area contributed by atoms with Gasteiger partial charge in [-0.05, 0) is 35.9 Å². The first-order valence-electron chi connectivity index (χ1n) is 10.8. The number of hydrogen-bond donors (Lipinski definition) is 3. The molecule has 34 heavy (non-hydrogen) atoms. The van der Waals surface area contributed by atoms with Crippen molar-refractivity contribution in [3.05, 3.63) is 90.0 Å². The fraction of sp³-hybridized carbons (Fsp3) is 0.231. The van der Waals surface area contributed by atoms with Crippen LogP contribution >= 0.6 is 0 Å². The van der Waals surface area contributed by atoms with Gasteiger partial charge in [0.15, 0.2) is 6.61 Å². The SMILES string of the molecule is O=C(O)COc1cccc2c1C(O)C[C@](O)(COC(=O)N(c1ccccc1)c1ccccc1)C2. The highest BCUT2D eigenvalue weighted by atomic mass is 16.6. The molecule has 0 spiro atoms. The Morgan fingerprint density at radius 3 is 2.15 bits per heavy atom. The van der Waals surface area contributed by atoms with Gasteiger partial charge >= 0.3 is 12.1 Å². The number of carboxylic acid groups (broad SMARTS) is 1. The molecule has 176 valence electrons. The van der Waals surface area contributed by atoms with E-state index >= 15 is 0 Å². The fourth-order valence-corrected chi connectivity index (χ4v) is 4.16. The summed E-state index contributed by atoms with van der Waals surface area (Å²) in [7, 11) is 0. The molecule has 8 nitrogen and oxygen atoms in total. The Morgan fingerprint density at radius 1 is 0.941 bits per heavy atom. The van der Waals surface area contributed by atoms with E-state index in [0.717, 1.165) is 0 Å². The van der Waals surface area contributed by atoms with Crippen LogP contribution in [0.25, 0.3) is 0 Å². The van der Waals surface area contributed by atoms with Gasteiger partial charge in [0.1, 0.15) is 18.0 Å². The average molecular weight is 463 g/mol. The number of carbonyl (C=O) groups excluding carboxylic acids is 1. The number of nitrogens with zero attached hydrogens (tertiary/aromatic N) is 1. The van der Waals surface area contributed by atoms with Gasteiger partial charge in [0.25, 0.3) is 0 Å². The smallest absolute Gasteiger partial charge is 0.419 e. The second-order valence-corrected chi connectivity index (χ2v) is 8.19. The lowest BCUT2D eigenvalue weighted by atomic mass is 9.79. The average Bonchev–Trinajstić information content (AvgIpc) is 2.83. The van der Waals surface area contributed by atoms with Crippen LogP contribution in [0.1, 0.15) is 23.7 Å². The molecule has 1 aliphatic rings. The molecular formula is C26H25NO7. The fourth-order valence-electron chi connectivity index (χ4n) is 4.16. The molecule has 0 heterocycles. The van der Waals surface area contributed by atoms with E-state index < -0.39 is 30.4 Å². The largest absolute Gasteiger partial charge is 0.482 e. The Bertz CT molecular complexity index is 1110. The van der Waals surface area contributed by atoms with Crippen molar-refractivity contribution in [2.45, 2.75) is 24.5 Å². The number of carboxylic acids is 1. The standard InChI is InChI=1S/C26H25NO7/c28-21-15-26(32,14-18-8-7-13-22(24(18)21)33-16-23(29)30)17-34-25(31)27(19-9-3-1-4-10-19)20-11-5-2-6-12-20/h1-13,21,28,32H,14-17H2,(H,29,30)/t21?,26-/m0/s1. The number of benzene rings is 3. The van der Waals surface area contributed by atoms with Crippen LogP contribution in [0.4, 0.5) is 16.2 Å². The number of para-hydroxylation sites is 2. The maximum Gasteiger partial charge on any atom is 0.419 e. The molecule has 0 saturated heterocycles. The molecule has 0 aromatic heterocycles. The second-order valence-electron chi connectivity index (χ2n) is 8.19. The third-order valence-electron chi connectivity index (χ3n) is 5.61. The predicted octanol–water partition coefficient (Wildman–Crippen LogP) is 3.84. The van der Waals surface area contributed by atoms with Crippen LogP contribution in [0.2, 0.25) is 0 Å². The highest BCUT2D eigenvalue weighted by molar-refractivity contribution is 5.95. The van der Waals surface area contributed by atoms with Gasteiger partial charge in [0.2, 0.25) is 0 Å². The van der Waals surface area contributed by atoms with Crippen molar-refractivity contribution >= 4 is 23.4 Å². The van der Waals surface area contributed by atoms with Crippen molar-refractivity contribution in [1.82, 2.24) is 0 Å². The Kier molecular flexibility index (Phi) is 6.81. The van der Waals surface area contributed by atoms with E-state index in [-0.39, 0.29) is 25.2 Å². The topological polar surface area (TPSA) is 117 Å². The summed E-state index contributed by atoms with van der Waals surface area (Å²) in [6.07, 6.45) is -1.77. The van der Waals surface area contributed by atoms with E-state index in [1.807, 2.05) is 36.4 Å². The van der Waals surface area contributed by atoms with Crippen molar-refractivity contribution in [1.29, 1.82) is 0 Å². The molecule has 0 aliphatic heterocycles. The minimum Gasteiger partial charge on any atom is -0.482 e. The summed E-state index contributed by atoms with van der Waals surface area (Å²) in [5.41, 5.74) is 0.755. The molecule has 3 N–H and O–H groups in total. The summed E-state index contributed by atoms with van der Waals surface area (Å²) in [4.78, 5) is 25.4. The van der Waals surface area contributed by atoms with E-state index in [2.05, 4.69) is 0 Å². The van der Waals surface area contributed by atoms with Gasteiger partial charge in [0.05, 0.1) is 17.5 Å². The van der Waals surface area contributed by atoms with Gasteiger partial charge in [-0.3, -0.25) is 0 Å². The normalized spacial score (nSPS) is 19.1. The van der Waals surface area contributed by atoms with Crippen LogP contribution in [0.3, 0.4) is 0 Å². The molecule has 3 aromatic rings. The van der Waals surface area contributed by atoms with Gasteiger partial charge < -0.3 is 24.8 Å². The maximum atomic E-state index is 13.1. The number of aliphatic hydroxyl groups excluding tert-OH is 1. The number of aliphatic hydroxyl groups is 2. The number of ether oxygens (including phenoxy) is 2. The van der Waals surface area contributed by atoms with E-state index in [4.69, 9.17) is 14.6 Å². The van der Waals surface area contributed by atoms with Crippen molar-refractivity contribution in [2.24, 2.45) is 0 Å². The van der Waals surface area contributed by atoms with Gasteiger partial charge in [-0.2, -0.15) is 0 Å². The quantitative estimate of drug-likeness (QED) is 0.487. The summed E-state index contributed by atoms with van der Waals surface area (Å²) in [6, 6.07) is 23.0. The Morgan fingerprint density at radius 2 is 1.56 bits per heavy atom. The van der Waals surface area contributed by atoms with Crippen LogP contribution in [0.5, 0.6) is 5.75 Å². The predicted molar refractivity (Wildman–Crippen MR) is 124 cm³/mol. The van der Waals surface area contributed by atoms with Gasteiger partial charge in [-0.25, -0.2) is 14.5 Å². The first-order valence-corrected chi connectivity index (χ1v) is 10.8. The van der Waals surface area contributed by atoms with E-state index in [9.17, 15) is 19.8 Å². The van der Waals surface area contributed by atoms with Gasteiger partial charge in [-0.1, -0.05) is 48.5 Å². The van der Waals surface area contributed by atoms with Crippen molar-refractivity contribution in [3.63, 3.8) is 0 Å². The number of rotatable bonds is 7. The summed E-state index contributed by atoms with van der Waals surface area (Å²) in [6.45, 7) is -0.876. The Hall–Kier alpha value is -3.88. The third kappa shape index (κ3) is 5.19. The van der Waals surface area contributed by atoms with Crippen molar-refractivity contribution in [2.75, 3.05) is 18.1 Å². The van der Waals surface area contributed by atoms with Crippen LogP contribution in [-0.2, 0) is 16.0 Å². The zero-order valence-corrected chi connectivity index (χ0v) is 18.3. The van der Waals surface area contributed by atoms with Gasteiger partial charge in [0, 0.05) is 18.4 Å². The Balaban J connectivity index is 1.51. The van der Waals surface area contributed by atoms with E-state index in [1.54, 1.807) is 42.5 Å². The Labute approximate surface area is 196 Å². The van der Waals surface area contributed by atoms with Crippen molar-refractivity contribution < 1.29 is 34.4 Å². The summed E-state index contributed by atoms with van der Waals surface area (Å²) < 4.78 is 10.8. The third-order valence-corrected chi connectivity index (χ3v) is 5.61. The molecule has 2 atom stereocenters. The summed E-state index contributed by atoms with van der Waals surface area (Å²) in [5.74, 6) is -0.876. The lowest BCUT2D eigenvalue weighted by Crippen LogP contribution is -2.44. The first kappa shape index (κ1) is 23.3. The zero-order chi connectivity index (χ0) is 24.1. The lowest BCUT2D eigenvalue weighted by molar-refractivity contribution is -0.139. The minimum atomic E-state index is -1.51. The van der Waals surface area contributed by atoms with Crippen LogP contribution < -0.4 is 9.64 Å². The number of hydrogen-bond acceptors (Lipinski definition) is 6. The van der Waals surface area contributed by atoms with Crippen LogP contribution in [0.15, 0.2) is 78.9 Å². The molecule has 4 rings (SSSR count). The molecule has 0 saturated carbocycles. The molecule has 8 heteroatoms. The highest BCUT2D eigenvalue weighted by Gasteiger charge is 2.40. The van der Waals surface area contributed by atoms with E-state index in [1.165, 1.54) is 4.90 Å². The molecule has 1 amide bonds. The lowest BCUT2D eigenvalue weighted by Gasteiger charge is -2.37. The molecule has 0 bridgehead atoms. The summed E-state index contributed by atoms with van der Waals surface area (Å²) in [5, 5.41) is 30.8. The number of carbonyl (C=O) groups is 2. The maximum absolute atomic E-state index is 13.1. The second kappa shape index (κ2) is 9.94. The van der Waals surface area contributed by atoms with Crippen LogP contribution in [0, 0.1) is 0 Å². The number of fused-ring (bicyclic) bond motifs is 1. The van der Waals surface area contributed by atoms with Gasteiger partial charge in [-0.15, -0.1) is 0 Å². The molecule has 0 radical (unpaired) electrons. The molecule has 3 aromatic carbocycles. The highest BCUT2D eigenvalue weighted by Crippen LogP contribution is 2.41. The summed E-state index contributed by atoms with van der Waals surface area (Å²) >= 11 is 0.